The van der Waals surface area contributed by atoms with Crippen molar-refractivity contribution in [3.05, 3.63) is 29.3 Å². The number of rotatable bonds is 7. The summed E-state index contributed by atoms with van der Waals surface area (Å²) in [6.45, 7) is 12.8. The van der Waals surface area contributed by atoms with Crippen LogP contribution in [-0.2, 0) is 4.79 Å². The number of nitrogens with zero attached hydrogens (tertiary/aromatic N) is 2. The summed E-state index contributed by atoms with van der Waals surface area (Å²) < 4.78 is 5.84. The zero-order valence-corrected chi connectivity index (χ0v) is 17.9. The minimum Gasteiger partial charge on any atom is -0.483 e. The van der Waals surface area contributed by atoms with E-state index in [4.69, 9.17) is 4.74 Å². The average Bonchev–Trinajstić information content (AvgIpc) is 2.72. The lowest BCUT2D eigenvalue weighted by molar-refractivity contribution is -0.124. The summed E-state index contributed by atoms with van der Waals surface area (Å²) in [5.74, 6) is 0.820. The number of hydrogen-bond acceptors (Lipinski definition) is 4. The molecule has 1 saturated carbocycles. The molecule has 3 rings (SSSR count). The Morgan fingerprint density at radius 2 is 1.71 bits per heavy atom. The molecule has 0 radical (unpaired) electrons. The van der Waals surface area contributed by atoms with E-state index in [0.29, 0.717) is 0 Å². The van der Waals surface area contributed by atoms with Gasteiger partial charge in [0.05, 0.1) is 0 Å². The second-order valence-electron chi connectivity index (χ2n) is 8.49. The Balaban J connectivity index is 1.55. The Morgan fingerprint density at radius 1 is 1.07 bits per heavy atom. The number of benzene rings is 1. The van der Waals surface area contributed by atoms with Gasteiger partial charge < -0.3 is 15.0 Å². The predicted molar refractivity (Wildman–Crippen MR) is 114 cm³/mol. The minimum atomic E-state index is -0.0141. The van der Waals surface area contributed by atoms with Crippen molar-refractivity contribution < 1.29 is 9.53 Å². The molecule has 1 N–H and O–H groups in total. The maximum absolute atomic E-state index is 12.5. The van der Waals surface area contributed by atoms with E-state index >= 15 is 0 Å². The number of piperazine rings is 1. The van der Waals surface area contributed by atoms with Crippen LogP contribution in [0.25, 0.3) is 0 Å². The molecule has 0 atom stereocenters. The van der Waals surface area contributed by atoms with E-state index < -0.39 is 0 Å². The van der Waals surface area contributed by atoms with Gasteiger partial charge in [-0.25, -0.2) is 0 Å². The first-order valence-electron chi connectivity index (χ1n) is 11.0. The number of aryl methyl sites for hydroxylation is 2. The number of hydrogen-bond donors (Lipinski definition) is 1. The van der Waals surface area contributed by atoms with E-state index in [1.807, 2.05) is 32.0 Å². The lowest BCUT2D eigenvalue weighted by Gasteiger charge is -2.50. The second kappa shape index (κ2) is 9.75. The van der Waals surface area contributed by atoms with Crippen molar-refractivity contribution in [2.45, 2.75) is 58.4 Å². The molecule has 1 amide bonds. The van der Waals surface area contributed by atoms with E-state index in [1.54, 1.807) is 0 Å². The molecule has 1 heterocycles. The molecule has 1 aromatic carbocycles. The van der Waals surface area contributed by atoms with Crippen LogP contribution in [0.3, 0.4) is 0 Å². The number of amides is 1. The molecule has 1 aromatic rings. The van der Waals surface area contributed by atoms with Gasteiger partial charge in [0.2, 0.25) is 0 Å². The van der Waals surface area contributed by atoms with Gasteiger partial charge in [0.15, 0.2) is 6.61 Å². The van der Waals surface area contributed by atoms with Crippen LogP contribution in [0.2, 0.25) is 0 Å². The number of nitrogens with one attached hydrogen (secondary N) is 1. The minimum absolute atomic E-state index is 0.0141. The molecule has 0 bridgehead atoms. The summed E-state index contributed by atoms with van der Waals surface area (Å²) in [6, 6.07) is 6.06. The molecule has 5 heteroatoms. The molecule has 1 saturated heterocycles. The third kappa shape index (κ3) is 5.06. The van der Waals surface area contributed by atoms with Crippen LogP contribution >= 0.6 is 0 Å². The third-order valence-corrected chi connectivity index (χ3v) is 6.65. The van der Waals surface area contributed by atoms with E-state index in [0.717, 1.165) is 56.1 Å². The maximum atomic E-state index is 12.5. The van der Waals surface area contributed by atoms with Gasteiger partial charge in [-0.3, -0.25) is 9.69 Å². The van der Waals surface area contributed by atoms with Crippen LogP contribution in [0.5, 0.6) is 5.75 Å². The fourth-order valence-corrected chi connectivity index (χ4v) is 4.83. The number of ether oxygens (including phenoxy) is 1. The SMILES string of the molecule is CCN1CCN(C2(CNC(=O)COc3c(C)cccc3C)CCCCC2)CC1. The van der Waals surface area contributed by atoms with Crippen LogP contribution in [0.15, 0.2) is 18.2 Å². The van der Waals surface area contributed by atoms with Gasteiger partial charge >= 0.3 is 0 Å². The summed E-state index contributed by atoms with van der Waals surface area (Å²) in [6.07, 6.45) is 6.24. The molecule has 28 heavy (non-hydrogen) atoms. The van der Waals surface area contributed by atoms with Gasteiger partial charge in [-0.15, -0.1) is 0 Å². The normalized spacial score (nSPS) is 20.7. The van der Waals surface area contributed by atoms with Crippen molar-refractivity contribution in [2.75, 3.05) is 45.9 Å². The predicted octanol–water partition coefficient (Wildman–Crippen LogP) is 3.14. The van der Waals surface area contributed by atoms with Crippen molar-refractivity contribution in [3.8, 4) is 5.75 Å². The van der Waals surface area contributed by atoms with Crippen LogP contribution < -0.4 is 10.1 Å². The Labute approximate surface area is 170 Å². The largest absolute Gasteiger partial charge is 0.483 e. The van der Waals surface area contributed by atoms with Gasteiger partial charge in [-0.1, -0.05) is 44.4 Å². The number of carbonyl (C=O) groups is 1. The molecule has 2 fully saturated rings. The molecular formula is C23H37N3O2. The number of likely N-dealkylation sites (N-methyl/N-ethyl adjacent to an activating group) is 1. The Hall–Kier alpha value is -1.59. The van der Waals surface area contributed by atoms with Gasteiger partial charge in [-0.05, 0) is 44.4 Å². The van der Waals surface area contributed by atoms with E-state index in [-0.39, 0.29) is 18.1 Å². The van der Waals surface area contributed by atoms with Gasteiger partial charge in [0, 0.05) is 38.3 Å². The molecule has 1 aliphatic heterocycles. The fourth-order valence-electron chi connectivity index (χ4n) is 4.83. The van der Waals surface area contributed by atoms with Crippen molar-refractivity contribution in [3.63, 3.8) is 0 Å². The monoisotopic (exact) mass is 387 g/mol. The van der Waals surface area contributed by atoms with Crippen molar-refractivity contribution in [2.24, 2.45) is 0 Å². The quantitative estimate of drug-likeness (QED) is 0.781. The molecule has 0 aromatic heterocycles. The van der Waals surface area contributed by atoms with Crippen LogP contribution in [0, 0.1) is 13.8 Å². The Bertz CT molecular complexity index is 627. The molecule has 156 valence electrons. The van der Waals surface area contributed by atoms with E-state index in [9.17, 15) is 4.79 Å². The smallest absolute Gasteiger partial charge is 0.258 e. The highest BCUT2D eigenvalue weighted by Crippen LogP contribution is 2.34. The van der Waals surface area contributed by atoms with Crippen LogP contribution in [-0.4, -0.2) is 67.1 Å². The maximum Gasteiger partial charge on any atom is 0.258 e. The molecule has 5 nitrogen and oxygen atoms in total. The highest BCUT2D eigenvalue weighted by Gasteiger charge is 2.39. The van der Waals surface area contributed by atoms with E-state index in [2.05, 4.69) is 22.0 Å². The first kappa shape index (κ1) is 21.1. The molecule has 0 spiro atoms. The summed E-state index contributed by atoms with van der Waals surface area (Å²) in [4.78, 5) is 17.7. The summed E-state index contributed by atoms with van der Waals surface area (Å²) in [7, 11) is 0. The van der Waals surface area contributed by atoms with Crippen molar-refractivity contribution >= 4 is 5.91 Å². The summed E-state index contributed by atoms with van der Waals surface area (Å²) >= 11 is 0. The topological polar surface area (TPSA) is 44.8 Å². The summed E-state index contributed by atoms with van der Waals surface area (Å²) in [5, 5.41) is 3.21. The lowest BCUT2D eigenvalue weighted by atomic mass is 9.79. The zero-order chi connectivity index (χ0) is 20.0. The molecular weight excluding hydrogens is 350 g/mol. The second-order valence-corrected chi connectivity index (χ2v) is 8.49. The molecule has 2 aliphatic rings. The van der Waals surface area contributed by atoms with Gasteiger partial charge in [-0.2, -0.15) is 0 Å². The Kier molecular flexibility index (Phi) is 7.36. The van der Waals surface area contributed by atoms with Crippen LogP contribution in [0.1, 0.15) is 50.2 Å². The highest BCUT2D eigenvalue weighted by molar-refractivity contribution is 5.77. The fraction of sp³-hybridized carbons (Fsp3) is 0.696. The lowest BCUT2D eigenvalue weighted by Crippen LogP contribution is -2.62. The standard InChI is InChI=1S/C23H37N3O2/c1-4-25-13-15-26(16-14-25)23(11-6-5-7-12-23)18-24-21(27)17-28-22-19(2)9-8-10-20(22)3/h8-10H,4-7,11-18H2,1-3H3,(H,24,27). The zero-order valence-electron chi connectivity index (χ0n) is 17.9. The Morgan fingerprint density at radius 3 is 2.32 bits per heavy atom. The third-order valence-electron chi connectivity index (χ3n) is 6.65. The van der Waals surface area contributed by atoms with Gasteiger partial charge in [0.25, 0.3) is 5.91 Å². The van der Waals surface area contributed by atoms with Crippen molar-refractivity contribution in [1.82, 2.24) is 15.1 Å². The van der Waals surface area contributed by atoms with E-state index in [1.165, 1.54) is 32.1 Å². The van der Waals surface area contributed by atoms with Crippen LogP contribution in [0.4, 0.5) is 0 Å². The highest BCUT2D eigenvalue weighted by atomic mass is 16.5. The van der Waals surface area contributed by atoms with Gasteiger partial charge in [0.1, 0.15) is 5.75 Å². The molecule has 0 unspecified atom stereocenters. The number of carbonyl (C=O) groups excluding carboxylic acids is 1. The average molecular weight is 388 g/mol. The first-order chi connectivity index (χ1) is 13.5. The first-order valence-corrected chi connectivity index (χ1v) is 11.0. The van der Waals surface area contributed by atoms with Crippen molar-refractivity contribution in [1.29, 1.82) is 0 Å². The molecule has 1 aliphatic carbocycles. The summed E-state index contributed by atoms with van der Waals surface area (Å²) in [5.41, 5.74) is 2.28. The number of para-hydroxylation sites is 1.